The largest absolute Gasteiger partial charge is 0.394 e. The maximum atomic E-state index is 8.89. The van der Waals surface area contributed by atoms with E-state index in [-0.39, 0.29) is 12.7 Å². The minimum Gasteiger partial charge on any atom is -0.394 e. The molecular formula is C16H22N4O2. The number of anilines is 1. The van der Waals surface area contributed by atoms with Crippen LogP contribution in [0.5, 0.6) is 0 Å². The van der Waals surface area contributed by atoms with Gasteiger partial charge in [-0.25, -0.2) is 9.97 Å². The number of hydrogen-bond acceptors (Lipinski definition) is 5. The number of hydrogen-bond donors (Lipinski definition) is 1. The zero-order chi connectivity index (χ0) is 15.4. The van der Waals surface area contributed by atoms with Crippen molar-refractivity contribution in [3.05, 3.63) is 36.4 Å². The molecule has 1 atom stereocenters. The van der Waals surface area contributed by atoms with E-state index in [0.717, 1.165) is 43.4 Å². The predicted octanol–water partition coefficient (Wildman–Crippen LogP) is 1.55. The lowest BCUT2D eigenvalue weighted by Gasteiger charge is -2.33. The molecule has 1 unspecified atom stereocenters. The van der Waals surface area contributed by atoms with E-state index in [1.165, 1.54) is 0 Å². The van der Waals surface area contributed by atoms with Crippen molar-refractivity contribution in [3.8, 4) is 5.82 Å². The Hall–Kier alpha value is -1.92. The van der Waals surface area contributed by atoms with E-state index in [1.807, 2.05) is 35.9 Å². The second-order valence-electron chi connectivity index (χ2n) is 5.50. The fourth-order valence-corrected chi connectivity index (χ4v) is 2.84. The Morgan fingerprint density at radius 2 is 2.23 bits per heavy atom. The number of piperidine rings is 1. The van der Waals surface area contributed by atoms with Gasteiger partial charge in [0.2, 0.25) is 0 Å². The van der Waals surface area contributed by atoms with Crippen LogP contribution in [0.2, 0.25) is 0 Å². The molecule has 0 amide bonds. The third kappa shape index (κ3) is 3.28. The van der Waals surface area contributed by atoms with Crippen molar-refractivity contribution in [2.75, 3.05) is 31.2 Å². The number of aliphatic hydroxyl groups excluding tert-OH is 1. The Kier molecular flexibility index (Phi) is 4.70. The van der Waals surface area contributed by atoms with Crippen molar-refractivity contribution in [2.24, 2.45) is 0 Å². The molecule has 1 aliphatic heterocycles. The first-order valence-corrected chi connectivity index (χ1v) is 7.72. The van der Waals surface area contributed by atoms with Crippen LogP contribution in [0, 0.1) is 6.92 Å². The van der Waals surface area contributed by atoms with Crippen molar-refractivity contribution in [2.45, 2.75) is 25.9 Å². The highest BCUT2D eigenvalue weighted by Gasteiger charge is 2.21. The van der Waals surface area contributed by atoms with Gasteiger partial charge in [-0.3, -0.25) is 4.57 Å². The molecule has 0 saturated carbocycles. The summed E-state index contributed by atoms with van der Waals surface area (Å²) in [7, 11) is 0. The Balaban J connectivity index is 1.76. The molecule has 1 aliphatic rings. The van der Waals surface area contributed by atoms with Gasteiger partial charge < -0.3 is 14.7 Å². The third-order valence-electron chi connectivity index (χ3n) is 3.94. The molecule has 0 bridgehead atoms. The summed E-state index contributed by atoms with van der Waals surface area (Å²) in [5.41, 5.74) is 0. The summed E-state index contributed by atoms with van der Waals surface area (Å²) in [5.74, 6) is 2.77. The third-order valence-corrected chi connectivity index (χ3v) is 3.94. The van der Waals surface area contributed by atoms with Crippen LogP contribution in [0.3, 0.4) is 0 Å². The normalized spacial score (nSPS) is 18.6. The molecule has 3 heterocycles. The molecule has 1 fully saturated rings. The first-order valence-electron chi connectivity index (χ1n) is 7.72. The minimum absolute atomic E-state index is 0.0736. The molecule has 22 heavy (non-hydrogen) atoms. The molecule has 0 aliphatic carbocycles. The summed E-state index contributed by atoms with van der Waals surface area (Å²) in [6.45, 7) is 4.25. The molecule has 2 aromatic heterocycles. The molecule has 6 heteroatoms. The highest BCUT2D eigenvalue weighted by Crippen LogP contribution is 2.21. The number of pyridine rings is 1. The average Bonchev–Trinajstić information content (AvgIpc) is 2.99. The Bertz CT molecular complexity index is 614. The molecule has 3 rings (SSSR count). The number of aliphatic hydroxyl groups is 1. The first kappa shape index (κ1) is 15.0. The number of nitrogens with zero attached hydrogens (tertiary/aromatic N) is 4. The zero-order valence-electron chi connectivity index (χ0n) is 12.9. The smallest absolute Gasteiger partial charge is 0.140 e. The monoisotopic (exact) mass is 302 g/mol. The maximum absolute atomic E-state index is 8.89. The number of ether oxygens (including phenoxy) is 1. The minimum atomic E-state index is 0.0736. The van der Waals surface area contributed by atoms with Crippen LogP contribution in [-0.2, 0) is 4.74 Å². The van der Waals surface area contributed by atoms with Crippen molar-refractivity contribution in [1.82, 2.24) is 14.5 Å². The van der Waals surface area contributed by atoms with Gasteiger partial charge in [0.05, 0.1) is 19.3 Å². The first-order chi connectivity index (χ1) is 10.8. The van der Waals surface area contributed by atoms with Gasteiger partial charge >= 0.3 is 0 Å². The zero-order valence-corrected chi connectivity index (χ0v) is 12.9. The van der Waals surface area contributed by atoms with E-state index in [4.69, 9.17) is 14.8 Å². The van der Waals surface area contributed by atoms with Crippen LogP contribution >= 0.6 is 0 Å². The average molecular weight is 302 g/mol. The van der Waals surface area contributed by atoms with E-state index < -0.39 is 0 Å². The standard InChI is InChI=1S/C16H22N4O2/c1-13-17-7-9-20(13)16-6-2-5-15(18-16)19-8-3-4-14(12-19)22-11-10-21/h2,5-7,9,14,21H,3-4,8,10-12H2,1H3. The molecule has 2 aromatic rings. The van der Waals surface area contributed by atoms with E-state index in [2.05, 4.69) is 9.88 Å². The number of rotatable bonds is 5. The van der Waals surface area contributed by atoms with Gasteiger partial charge in [-0.2, -0.15) is 0 Å². The molecule has 0 spiro atoms. The summed E-state index contributed by atoms with van der Waals surface area (Å²) in [4.78, 5) is 11.3. The fourth-order valence-electron chi connectivity index (χ4n) is 2.84. The highest BCUT2D eigenvalue weighted by molar-refractivity contribution is 5.43. The van der Waals surface area contributed by atoms with Gasteiger partial charge in [-0.05, 0) is 31.9 Å². The number of aryl methyl sites for hydroxylation is 1. The van der Waals surface area contributed by atoms with E-state index in [1.54, 1.807) is 6.20 Å². The Morgan fingerprint density at radius 3 is 3.00 bits per heavy atom. The van der Waals surface area contributed by atoms with Crippen molar-refractivity contribution >= 4 is 5.82 Å². The SMILES string of the molecule is Cc1nccn1-c1cccc(N2CCCC(OCCO)C2)n1. The van der Waals surface area contributed by atoms with Crippen LogP contribution in [0.4, 0.5) is 5.82 Å². The van der Waals surface area contributed by atoms with Crippen LogP contribution in [0.15, 0.2) is 30.6 Å². The van der Waals surface area contributed by atoms with Gasteiger partial charge in [-0.1, -0.05) is 6.07 Å². The lowest BCUT2D eigenvalue weighted by Crippen LogP contribution is -2.40. The molecule has 1 N–H and O–H groups in total. The Labute approximate surface area is 130 Å². The second kappa shape index (κ2) is 6.89. The summed E-state index contributed by atoms with van der Waals surface area (Å²) in [5, 5.41) is 8.89. The quantitative estimate of drug-likeness (QED) is 0.908. The lowest BCUT2D eigenvalue weighted by molar-refractivity contribution is 0.0213. The van der Waals surface area contributed by atoms with Crippen LogP contribution < -0.4 is 4.90 Å². The van der Waals surface area contributed by atoms with Gasteiger partial charge in [0.25, 0.3) is 0 Å². The van der Waals surface area contributed by atoms with Gasteiger partial charge in [0.1, 0.15) is 17.5 Å². The topological polar surface area (TPSA) is 63.4 Å². The number of aromatic nitrogens is 3. The Morgan fingerprint density at radius 1 is 1.36 bits per heavy atom. The predicted molar refractivity (Wildman–Crippen MR) is 84.4 cm³/mol. The summed E-state index contributed by atoms with van der Waals surface area (Å²) < 4.78 is 7.65. The van der Waals surface area contributed by atoms with Gasteiger partial charge in [0, 0.05) is 25.5 Å². The molecule has 0 aromatic carbocycles. The fraction of sp³-hybridized carbons (Fsp3) is 0.500. The van der Waals surface area contributed by atoms with E-state index in [0.29, 0.717) is 6.61 Å². The highest BCUT2D eigenvalue weighted by atomic mass is 16.5. The second-order valence-corrected chi connectivity index (χ2v) is 5.50. The molecule has 1 saturated heterocycles. The molecule has 118 valence electrons. The molecule has 6 nitrogen and oxygen atoms in total. The van der Waals surface area contributed by atoms with Crippen LogP contribution in [0.25, 0.3) is 5.82 Å². The van der Waals surface area contributed by atoms with Crippen molar-refractivity contribution in [1.29, 1.82) is 0 Å². The summed E-state index contributed by atoms with van der Waals surface area (Å²) >= 11 is 0. The van der Waals surface area contributed by atoms with Gasteiger partial charge in [-0.15, -0.1) is 0 Å². The summed E-state index contributed by atoms with van der Waals surface area (Å²) in [6.07, 6.45) is 5.98. The van der Waals surface area contributed by atoms with E-state index >= 15 is 0 Å². The number of imidazole rings is 1. The maximum Gasteiger partial charge on any atom is 0.140 e. The van der Waals surface area contributed by atoms with Crippen LogP contribution in [-0.4, -0.2) is 52.0 Å². The van der Waals surface area contributed by atoms with E-state index in [9.17, 15) is 0 Å². The molecular weight excluding hydrogens is 280 g/mol. The summed E-state index contributed by atoms with van der Waals surface area (Å²) in [6, 6.07) is 6.04. The van der Waals surface area contributed by atoms with Gasteiger partial charge in [0.15, 0.2) is 0 Å². The molecule has 0 radical (unpaired) electrons. The lowest BCUT2D eigenvalue weighted by atomic mass is 10.1. The van der Waals surface area contributed by atoms with Crippen LogP contribution in [0.1, 0.15) is 18.7 Å². The van der Waals surface area contributed by atoms with Crippen molar-refractivity contribution < 1.29 is 9.84 Å². The van der Waals surface area contributed by atoms with Crippen molar-refractivity contribution in [3.63, 3.8) is 0 Å².